The molecule has 1 atom stereocenters. The molecule has 0 spiro atoms. The van der Waals surface area contributed by atoms with Crippen LogP contribution in [0.1, 0.15) is 45.1 Å². The summed E-state index contributed by atoms with van der Waals surface area (Å²) in [6, 6.07) is 21.9. The first-order valence-corrected chi connectivity index (χ1v) is 9.32. The second kappa shape index (κ2) is 7.39. The van der Waals surface area contributed by atoms with Gasteiger partial charge in [-0.3, -0.25) is 4.79 Å². The van der Waals surface area contributed by atoms with Gasteiger partial charge in [-0.15, -0.1) is 0 Å². The van der Waals surface area contributed by atoms with Crippen LogP contribution in [-0.2, 0) is 0 Å². The summed E-state index contributed by atoms with van der Waals surface area (Å²) < 4.78 is 14.2. The van der Waals surface area contributed by atoms with E-state index in [1.54, 1.807) is 12.1 Å². The molecule has 1 amide bonds. The molecule has 0 aromatic heterocycles. The molecule has 140 valence electrons. The Morgan fingerprint density at radius 1 is 0.929 bits per heavy atom. The molecule has 0 radical (unpaired) electrons. The molecule has 0 saturated carbocycles. The second-order valence-electron chi connectivity index (χ2n) is 7.17. The van der Waals surface area contributed by atoms with Crippen LogP contribution < -0.4 is 0 Å². The molecule has 1 heterocycles. The Morgan fingerprint density at radius 3 is 2.18 bits per heavy atom. The van der Waals surface area contributed by atoms with E-state index in [4.69, 9.17) is 0 Å². The van der Waals surface area contributed by atoms with Gasteiger partial charge in [0.1, 0.15) is 5.82 Å². The minimum absolute atomic E-state index is 0.0357. The number of carbonyl (C=O) groups excluding carboxylic acids is 1. The van der Waals surface area contributed by atoms with E-state index in [0.29, 0.717) is 6.42 Å². The topological polar surface area (TPSA) is 32.7 Å². The van der Waals surface area contributed by atoms with Crippen molar-refractivity contribution >= 4 is 11.6 Å². The lowest BCUT2D eigenvalue weighted by molar-refractivity contribution is 0.0706. The van der Waals surface area contributed by atoms with Gasteiger partial charge in [-0.25, -0.2) is 9.40 Å². The predicted octanol–water partition coefficient (Wildman–Crippen LogP) is 5.43. The van der Waals surface area contributed by atoms with Crippen LogP contribution in [0.2, 0.25) is 0 Å². The molecule has 3 aromatic carbocycles. The molecule has 3 nitrogen and oxygen atoms in total. The Labute approximate surface area is 164 Å². The van der Waals surface area contributed by atoms with Gasteiger partial charge in [-0.05, 0) is 37.1 Å². The molecule has 4 heteroatoms. The number of hydrazone groups is 1. The summed E-state index contributed by atoms with van der Waals surface area (Å²) in [7, 11) is 0. The predicted molar refractivity (Wildman–Crippen MR) is 109 cm³/mol. The van der Waals surface area contributed by atoms with E-state index < -0.39 is 11.7 Å². The Kier molecular flexibility index (Phi) is 4.78. The Bertz CT molecular complexity index is 1040. The average Bonchev–Trinajstić information content (AvgIpc) is 3.14. The SMILES string of the molecule is Cc1ccc(C2=NN(C(=O)c3ccccc3F)[C@H](c3ccc(C)cc3)C2)cc1. The van der Waals surface area contributed by atoms with Crippen molar-refractivity contribution in [3.63, 3.8) is 0 Å². The molecular weight excluding hydrogens is 351 g/mol. The summed E-state index contributed by atoms with van der Waals surface area (Å²) in [5.74, 6) is -0.958. The van der Waals surface area contributed by atoms with Gasteiger partial charge < -0.3 is 0 Å². The zero-order chi connectivity index (χ0) is 19.7. The highest BCUT2D eigenvalue weighted by Gasteiger charge is 2.34. The quantitative estimate of drug-likeness (QED) is 0.603. The summed E-state index contributed by atoms with van der Waals surface area (Å²) in [4.78, 5) is 13.1. The summed E-state index contributed by atoms with van der Waals surface area (Å²) in [5, 5.41) is 6.05. The third-order valence-corrected chi connectivity index (χ3v) is 5.07. The van der Waals surface area contributed by atoms with Gasteiger partial charge in [0, 0.05) is 6.42 Å². The van der Waals surface area contributed by atoms with Gasteiger partial charge in [-0.1, -0.05) is 71.8 Å². The number of nitrogens with zero attached hydrogens (tertiary/aromatic N) is 2. The van der Waals surface area contributed by atoms with E-state index in [0.717, 1.165) is 28.0 Å². The van der Waals surface area contributed by atoms with Crippen molar-refractivity contribution in [2.24, 2.45) is 5.10 Å². The summed E-state index contributed by atoms with van der Waals surface area (Å²) >= 11 is 0. The molecule has 1 aliphatic rings. The Morgan fingerprint density at radius 2 is 1.54 bits per heavy atom. The average molecular weight is 372 g/mol. The molecule has 0 N–H and O–H groups in total. The molecular formula is C24H21FN2O. The smallest absolute Gasteiger partial charge is 0.267 e. The van der Waals surface area contributed by atoms with Gasteiger partial charge in [0.05, 0.1) is 17.3 Å². The first-order chi connectivity index (χ1) is 13.5. The summed E-state index contributed by atoms with van der Waals surface area (Å²) in [5.41, 5.74) is 5.14. The highest BCUT2D eigenvalue weighted by atomic mass is 19.1. The molecule has 0 saturated heterocycles. The van der Waals surface area contributed by atoms with Gasteiger partial charge in [-0.2, -0.15) is 5.10 Å². The van der Waals surface area contributed by atoms with Crippen LogP contribution >= 0.6 is 0 Å². The maximum Gasteiger partial charge on any atom is 0.277 e. The van der Waals surface area contributed by atoms with Crippen LogP contribution in [0.3, 0.4) is 0 Å². The van der Waals surface area contributed by atoms with Gasteiger partial charge in [0.25, 0.3) is 5.91 Å². The van der Waals surface area contributed by atoms with Gasteiger partial charge in [0.2, 0.25) is 0 Å². The lowest BCUT2D eigenvalue weighted by Crippen LogP contribution is -2.27. The van der Waals surface area contributed by atoms with Crippen LogP contribution in [0.4, 0.5) is 4.39 Å². The zero-order valence-electron chi connectivity index (χ0n) is 15.9. The van der Waals surface area contributed by atoms with E-state index >= 15 is 0 Å². The van der Waals surface area contributed by atoms with E-state index in [2.05, 4.69) is 5.10 Å². The third-order valence-electron chi connectivity index (χ3n) is 5.07. The number of hydrogen-bond acceptors (Lipinski definition) is 2. The van der Waals surface area contributed by atoms with Crippen LogP contribution in [0.5, 0.6) is 0 Å². The second-order valence-corrected chi connectivity index (χ2v) is 7.17. The van der Waals surface area contributed by atoms with Crippen molar-refractivity contribution in [3.8, 4) is 0 Å². The molecule has 0 aliphatic carbocycles. The van der Waals surface area contributed by atoms with Crippen molar-refractivity contribution in [1.82, 2.24) is 5.01 Å². The number of aryl methyl sites for hydroxylation is 2. The maximum absolute atomic E-state index is 14.2. The standard InChI is InChI=1S/C24H21FN2O/c1-16-7-11-18(12-8-16)22-15-23(19-13-9-17(2)10-14-19)27(26-22)24(28)20-5-3-4-6-21(20)25/h3-14,23H,15H2,1-2H3/t23-/m0/s1. The van der Waals surface area contributed by atoms with Crippen molar-refractivity contribution < 1.29 is 9.18 Å². The lowest BCUT2D eigenvalue weighted by atomic mass is 9.97. The fourth-order valence-corrected chi connectivity index (χ4v) is 3.42. The number of amides is 1. The molecule has 28 heavy (non-hydrogen) atoms. The number of halogens is 1. The molecule has 0 fully saturated rings. The van der Waals surface area contributed by atoms with Crippen LogP contribution in [0, 0.1) is 19.7 Å². The first-order valence-electron chi connectivity index (χ1n) is 9.32. The van der Waals surface area contributed by atoms with Gasteiger partial charge in [0.15, 0.2) is 0 Å². The van der Waals surface area contributed by atoms with E-state index in [1.807, 2.05) is 62.4 Å². The summed E-state index contributed by atoms with van der Waals surface area (Å²) in [6.07, 6.45) is 0.590. The van der Waals surface area contributed by atoms with E-state index in [1.165, 1.54) is 17.1 Å². The molecule has 3 aromatic rings. The van der Waals surface area contributed by atoms with E-state index in [-0.39, 0.29) is 11.6 Å². The molecule has 0 bridgehead atoms. The summed E-state index contributed by atoms with van der Waals surface area (Å²) in [6.45, 7) is 4.05. The van der Waals surface area contributed by atoms with Gasteiger partial charge >= 0.3 is 0 Å². The highest BCUT2D eigenvalue weighted by molar-refractivity contribution is 6.05. The molecule has 4 rings (SSSR count). The van der Waals surface area contributed by atoms with Crippen LogP contribution in [-0.4, -0.2) is 16.6 Å². The van der Waals surface area contributed by atoms with Crippen molar-refractivity contribution in [3.05, 3.63) is 106 Å². The monoisotopic (exact) mass is 372 g/mol. The number of carbonyl (C=O) groups is 1. The molecule has 0 unspecified atom stereocenters. The third kappa shape index (κ3) is 3.46. The number of rotatable bonds is 3. The Balaban J connectivity index is 1.75. The lowest BCUT2D eigenvalue weighted by Gasteiger charge is -2.22. The van der Waals surface area contributed by atoms with Crippen LogP contribution in [0.25, 0.3) is 0 Å². The first kappa shape index (κ1) is 18.1. The molecule has 1 aliphatic heterocycles. The van der Waals surface area contributed by atoms with E-state index in [9.17, 15) is 9.18 Å². The van der Waals surface area contributed by atoms with Crippen molar-refractivity contribution in [1.29, 1.82) is 0 Å². The zero-order valence-corrected chi connectivity index (χ0v) is 15.9. The maximum atomic E-state index is 14.2. The normalized spacial score (nSPS) is 16.2. The number of benzene rings is 3. The fourth-order valence-electron chi connectivity index (χ4n) is 3.42. The van der Waals surface area contributed by atoms with Crippen molar-refractivity contribution in [2.75, 3.05) is 0 Å². The largest absolute Gasteiger partial charge is 0.277 e. The van der Waals surface area contributed by atoms with Crippen molar-refractivity contribution in [2.45, 2.75) is 26.3 Å². The highest BCUT2D eigenvalue weighted by Crippen LogP contribution is 2.34. The Hall–Kier alpha value is -3.27. The van der Waals surface area contributed by atoms with Crippen LogP contribution in [0.15, 0.2) is 77.9 Å². The minimum atomic E-state index is -0.533. The number of hydrogen-bond donors (Lipinski definition) is 0. The minimum Gasteiger partial charge on any atom is -0.267 e. The fraction of sp³-hybridized carbons (Fsp3) is 0.167.